The second-order valence-corrected chi connectivity index (χ2v) is 8.86. The van der Waals surface area contributed by atoms with E-state index in [2.05, 4.69) is 20.3 Å². The van der Waals surface area contributed by atoms with Gasteiger partial charge in [0.15, 0.2) is 5.82 Å². The average molecular weight is 504 g/mol. The zero-order valence-corrected chi connectivity index (χ0v) is 20.9. The van der Waals surface area contributed by atoms with E-state index in [9.17, 15) is 4.79 Å². The Balaban J connectivity index is 1.25. The summed E-state index contributed by atoms with van der Waals surface area (Å²) in [6, 6.07) is 19.1. The van der Waals surface area contributed by atoms with E-state index in [1.54, 1.807) is 13.0 Å². The number of benzene rings is 2. The van der Waals surface area contributed by atoms with Crippen LogP contribution in [0.5, 0.6) is 5.75 Å². The standard InChI is InChI=1S/C27H26ClN5O3/c1-3-35-20-10-8-19(9-11-20)23-12-13-24(30-29-23)32-14-16-33(17-15-32)27(34)25-18(2)36-31-26(25)21-6-4-5-7-22(21)28/h4-13H,3,14-17H2,1-2H3. The molecule has 1 amide bonds. The largest absolute Gasteiger partial charge is 0.494 e. The van der Waals surface area contributed by atoms with Gasteiger partial charge in [0.1, 0.15) is 22.8 Å². The lowest BCUT2D eigenvalue weighted by Crippen LogP contribution is -2.49. The normalized spacial score (nSPS) is 13.6. The van der Waals surface area contributed by atoms with Crippen LogP contribution in [0.4, 0.5) is 5.82 Å². The fraction of sp³-hybridized carbons (Fsp3) is 0.259. The Labute approximate surface area is 214 Å². The Hall–Kier alpha value is -3.91. The van der Waals surface area contributed by atoms with Crippen molar-refractivity contribution < 1.29 is 14.1 Å². The fourth-order valence-electron chi connectivity index (χ4n) is 4.29. The maximum Gasteiger partial charge on any atom is 0.259 e. The highest BCUT2D eigenvalue weighted by molar-refractivity contribution is 6.33. The van der Waals surface area contributed by atoms with Crippen molar-refractivity contribution >= 4 is 23.3 Å². The number of aryl methyl sites for hydroxylation is 1. The van der Waals surface area contributed by atoms with Crippen molar-refractivity contribution in [2.45, 2.75) is 13.8 Å². The summed E-state index contributed by atoms with van der Waals surface area (Å²) in [6.07, 6.45) is 0. The highest BCUT2D eigenvalue weighted by Crippen LogP contribution is 2.32. The van der Waals surface area contributed by atoms with Crippen molar-refractivity contribution in [2.24, 2.45) is 0 Å². The topological polar surface area (TPSA) is 84.6 Å². The van der Waals surface area contributed by atoms with E-state index in [1.807, 2.05) is 66.4 Å². The molecule has 0 atom stereocenters. The summed E-state index contributed by atoms with van der Waals surface area (Å²) < 4.78 is 10.9. The van der Waals surface area contributed by atoms with Crippen molar-refractivity contribution in [3.05, 3.63) is 77.0 Å². The number of halogens is 1. The number of rotatable bonds is 6. The predicted molar refractivity (Wildman–Crippen MR) is 138 cm³/mol. The van der Waals surface area contributed by atoms with Gasteiger partial charge in [-0.1, -0.05) is 35.0 Å². The molecule has 0 unspecified atom stereocenters. The number of anilines is 1. The summed E-state index contributed by atoms with van der Waals surface area (Å²) in [6.45, 7) is 6.73. The number of hydrogen-bond donors (Lipinski definition) is 0. The van der Waals surface area contributed by atoms with E-state index in [0.717, 1.165) is 22.8 Å². The number of aromatic nitrogens is 3. The summed E-state index contributed by atoms with van der Waals surface area (Å²) in [4.78, 5) is 17.4. The van der Waals surface area contributed by atoms with Gasteiger partial charge in [-0.3, -0.25) is 4.79 Å². The Morgan fingerprint density at radius 3 is 2.42 bits per heavy atom. The molecule has 0 saturated carbocycles. The van der Waals surface area contributed by atoms with E-state index >= 15 is 0 Å². The molecule has 36 heavy (non-hydrogen) atoms. The maximum atomic E-state index is 13.4. The minimum Gasteiger partial charge on any atom is -0.494 e. The second kappa shape index (κ2) is 10.4. The van der Waals surface area contributed by atoms with Crippen molar-refractivity contribution in [2.75, 3.05) is 37.7 Å². The van der Waals surface area contributed by atoms with E-state index in [4.69, 9.17) is 20.9 Å². The lowest BCUT2D eigenvalue weighted by Gasteiger charge is -2.35. The van der Waals surface area contributed by atoms with Crippen LogP contribution < -0.4 is 9.64 Å². The predicted octanol–water partition coefficient (Wildman–Crippen LogP) is 5.12. The van der Waals surface area contributed by atoms with Crippen molar-refractivity contribution in [3.63, 3.8) is 0 Å². The van der Waals surface area contributed by atoms with Gasteiger partial charge in [-0.15, -0.1) is 10.2 Å². The minimum absolute atomic E-state index is 0.111. The monoisotopic (exact) mass is 503 g/mol. The summed E-state index contributed by atoms with van der Waals surface area (Å²) in [5.74, 6) is 1.99. The molecule has 184 valence electrons. The van der Waals surface area contributed by atoms with Gasteiger partial charge in [0, 0.05) is 37.3 Å². The van der Waals surface area contributed by atoms with Crippen LogP contribution in [0.1, 0.15) is 23.0 Å². The molecule has 8 nitrogen and oxygen atoms in total. The molecule has 0 bridgehead atoms. The SMILES string of the molecule is CCOc1ccc(-c2ccc(N3CCN(C(=O)c4c(-c5ccccc5Cl)noc4C)CC3)nn2)cc1. The van der Waals surface area contributed by atoms with Gasteiger partial charge >= 0.3 is 0 Å². The van der Waals surface area contributed by atoms with Crippen LogP contribution in [0, 0.1) is 6.92 Å². The molecule has 0 N–H and O–H groups in total. The molecule has 1 aliphatic rings. The van der Waals surface area contributed by atoms with Crippen molar-refractivity contribution in [1.82, 2.24) is 20.3 Å². The molecule has 0 radical (unpaired) electrons. The summed E-state index contributed by atoms with van der Waals surface area (Å²) in [5.41, 5.74) is 3.38. The summed E-state index contributed by atoms with van der Waals surface area (Å²) in [7, 11) is 0. The molecular weight excluding hydrogens is 478 g/mol. The first-order valence-electron chi connectivity index (χ1n) is 11.9. The Morgan fingerprint density at radius 1 is 1.00 bits per heavy atom. The van der Waals surface area contributed by atoms with Crippen LogP contribution in [0.15, 0.2) is 65.2 Å². The average Bonchev–Trinajstić information content (AvgIpc) is 3.30. The minimum atomic E-state index is -0.111. The summed E-state index contributed by atoms with van der Waals surface area (Å²) >= 11 is 6.36. The first-order chi connectivity index (χ1) is 17.5. The van der Waals surface area contributed by atoms with Crippen molar-refractivity contribution in [1.29, 1.82) is 0 Å². The first kappa shape index (κ1) is 23.8. The number of nitrogens with zero attached hydrogens (tertiary/aromatic N) is 5. The van der Waals surface area contributed by atoms with Gasteiger partial charge < -0.3 is 19.1 Å². The molecule has 3 heterocycles. The molecule has 1 aliphatic heterocycles. The van der Waals surface area contributed by atoms with Crippen LogP contribution in [-0.2, 0) is 0 Å². The van der Waals surface area contributed by atoms with Crippen LogP contribution in [0.3, 0.4) is 0 Å². The third kappa shape index (κ3) is 4.77. The van der Waals surface area contributed by atoms with Crippen LogP contribution in [-0.4, -0.2) is 58.9 Å². The van der Waals surface area contributed by atoms with Gasteiger partial charge in [0.05, 0.1) is 17.3 Å². The Morgan fingerprint density at radius 2 is 1.75 bits per heavy atom. The molecule has 9 heteroatoms. The maximum absolute atomic E-state index is 13.4. The van der Waals surface area contributed by atoms with E-state index in [1.165, 1.54) is 0 Å². The summed E-state index contributed by atoms with van der Waals surface area (Å²) in [5, 5.41) is 13.5. The van der Waals surface area contributed by atoms with Crippen LogP contribution in [0.25, 0.3) is 22.5 Å². The molecule has 5 rings (SSSR count). The molecule has 0 spiro atoms. The number of carbonyl (C=O) groups is 1. The van der Waals surface area contributed by atoms with Gasteiger partial charge in [0.25, 0.3) is 5.91 Å². The number of hydrogen-bond acceptors (Lipinski definition) is 7. The van der Waals surface area contributed by atoms with E-state index < -0.39 is 0 Å². The van der Waals surface area contributed by atoms with E-state index in [0.29, 0.717) is 60.4 Å². The third-order valence-electron chi connectivity index (χ3n) is 6.21. The Bertz CT molecular complexity index is 1350. The molecule has 0 aliphatic carbocycles. The smallest absolute Gasteiger partial charge is 0.259 e. The first-order valence-corrected chi connectivity index (χ1v) is 12.3. The highest BCUT2D eigenvalue weighted by atomic mass is 35.5. The van der Waals surface area contributed by atoms with Crippen molar-refractivity contribution in [3.8, 4) is 28.3 Å². The van der Waals surface area contributed by atoms with Gasteiger partial charge in [-0.05, 0) is 56.3 Å². The van der Waals surface area contributed by atoms with E-state index in [-0.39, 0.29) is 5.91 Å². The molecule has 2 aromatic heterocycles. The zero-order valence-electron chi connectivity index (χ0n) is 20.1. The molecule has 1 fully saturated rings. The quantitative estimate of drug-likeness (QED) is 0.361. The highest BCUT2D eigenvalue weighted by Gasteiger charge is 2.29. The molecule has 1 saturated heterocycles. The molecular formula is C27H26ClN5O3. The third-order valence-corrected chi connectivity index (χ3v) is 6.54. The lowest BCUT2D eigenvalue weighted by atomic mass is 10.0. The Kier molecular flexibility index (Phi) is 6.86. The fourth-order valence-corrected chi connectivity index (χ4v) is 4.52. The van der Waals surface area contributed by atoms with Crippen LogP contribution >= 0.6 is 11.6 Å². The van der Waals surface area contributed by atoms with Gasteiger partial charge in [-0.25, -0.2) is 0 Å². The number of piperazine rings is 1. The van der Waals surface area contributed by atoms with Gasteiger partial charge in [0.2, 0.25) is 0 Å². The molecule has 4 aromatic rings. The molecule has 2 aromatic carbocycles. The number of amides is 1. The number of carbonyl (C=O) groups excluding carboxylic acids is 1. The zero-order chi connectivity index (χ0) is 25.1. The van der Waals surface area contributed by atoms with Crippen LogP contribution in [0.2, 0.25) is 5.02 Å². The number of ether oxygens (including phenoxy) is 1. The van der Waals surface area contributed by atoms with Gasteiger partial charge in [-0.2, -0.15) is 0 Å². The second-order valence-electron chi connectivity index (χ2n) is 8.46. The lowest BCUT2D eigenvalue weighted by molar-refractivity contribution is 0.0745.